The van der Waals surface area contributed by atoms with E-state index in [1.807, 2.05) is 31.2 Å². The van der Waals surface area contributed by atoms with Crippen LogP contribution in [0.5, 0.6) is 11.5 Å². The lowest BCUT2D eigenvalue weighted by molar-refractivity contribution is -0.138. The van der Waals surface area contributed by atoms with E-state index in [1.54, 1.807) is 12.1 Å². The van der Waals surface area contributed by atoms with E-state index < -0.39 is 17.1 Å². The fraction of sp³-hybridized carbons (Fsp3) is 0.238. The molecular weight excluding hydrogens is 442 g/mol. The van der Waals surface area contributed by atoms with Crippen molar-refractivity contribution in [2.24, 2.45) is 10.2 Å². The normalized spacial score (nSPS) is 17.2. The van der Waals surface area contributed by atoms with Gasteiger partial charge < -0.3 is 19.9 Å². The minimum absolute atomic E-state index is 0.240. The zero-order valence-electron chi connectivity index (χ0n) is 16.8. The molecule has 0 saturated carbocycles. The summed E-state index contributed by atoms with van der Waals surface area (Å²) in [5.74, 6) is -0.587. The van der Waals surface area contributed by atoms with Gasteiger partial charge in [-0.25, -0.2) is 0 Å². The first kappa shape index (κ1) is 22.6. The van der Waals surface area contributed by atoms with Gasteiger partial charge in [0.25, 0.3) is 0 Å². The summed E-state index contributed by atoms with van der Waals surface area (Å²) in [6, 6.07) is 11.3. The maximum absolute atomic E-state index is 11.7. The van der Waals surface area contributed by atoms with Crippen molar-refractivity contribution in [1.82, 2.24) is 5.32 Å². The number of carboxylic acids is 1. The number of nitrogens with zero attached hydrogens (tertiary/aromatic N) is 2. The molecule has 10 heteroatoms. The van der Waals surface area contributed by atoms with Gasteiger partial charge in [-0.3, -0.25) is 9.59 Å². The predicted octanol–water partition coefficient (Wildman–Crippen LogP) is 3.63. The average Bonchev–Trinajstić information content (AvgIpc) is 3.06. The molecule has 2 aromatic rings. The van der Waals surface area contributed by atoms with Crippen LogP contribution in [0, 0.1) is 6.92 Å². The highest BCUT2D eigenvalue weighted by atomic mass is 35.5. The van der Waals surface area contributed by atoms with Crippen LogP contribution in [0.4, 0.5) is 0 Å². The van der Waals surface area contributed by atoms with E-state index in [0.717, 1.165) is 22.9 Å². The highest BCUT2D eigenvalue weighted by Gasteiger charge is 2.32. The highest BCUT2D eigenvalue weighted by Crippen LogP contribution is 2.36. The van der Waals surface area contributed by atoms with Gasteiger partial charge in [-0.05, 0) is 30.2 Å². The fourth-order valence-electron chi connectivity index (χ4n) is 2.77. The van der Waals surface area contributed by atoms with Gasteiger partial charge in [-0.1, -0.05) is 47.6 Å². The van der Waals surface area contributed by atoms with E-state index in [9.17, 15) is 9.59 Å². The number of halogens is 1. The summed E-state index contributed by atoms with van der Waals surface area (Å²) in [6.45, 7) is 2.35. The number of carbonyl (C=O) groups excluding carboxylic acids is 1. The van der Waals surface area contributed by atoms with Crippen LogP contribution in [-0.2, 0) is 16.2 Å². The summed E-state index contributed by atoms with van der Waals surface area (Å²) in [5.41, 5.74) is 2.77. The van der Waals surface area contributed by atoms with Crippen molar-refractivity contribution >= 4 is 46.6 Å². The lowest BCUT2D eigenvalue weighted by atomic mass is 10.1. The van der Waals surface area contributed by atoms with Crippen LogP contribution < -0.4 is 14.8 Å². The molecule has 1 amide bonds. The number of methoxy groups -OCH3 is 1. The second-order valence-corrected chi connectivity index (χ2v) is 8.19. The maximum Gasteiger partial charge on any atom is 0.305 e. The molecule has 8 nitrogen and oxygen atoms in total. The number of benzene rings is 2. The Balaban J connectivity index is 1.70. The van der Waals surface area contributed by atoms with E-state index in [4.69, 9.17) is 26.2 Å². The van der Waals surface area contributed by atoms with Crippen molar-refractivity contribution in [3.05, 3.63) is 58.1 Å². The average molecular weight is 462 g/mol. The zero-order valence-corrected chi connectivity index (χ0v) is 18.4. The third kappa shape index (κ3) is 5.99. The largest absolute Gasteiger partial charge is 0.493 e. The van der Waals surface area contributed by atoms with Crippen LogP contribution in [0.25, 0.3) is 0 Å². The van der Waals surface area contributed by atoms with Gasteiger partial charge in [0.15, 0.2) is 16.7 Å². The van der Waals surface area contributed by atoms with Gasteiger partial charge >= 0.3 is 5.97 Å². The number of carboxylic acid groups (broad SMARTS) is 1. The van der Waals surface area contributed by atoms with Crippen molar-refractivity contribution in [2.45, 2.75) is 25.2 Å². The van der Waals surface area contributed by atoms with E-state index in [0.29, 0.717) is 28.7 Å². The van der Waals surface area contributed by atoms with Crippen molar-refractivity contribution < 1.29 is 24.2 Å². The number of aliphatic carboxylic acids is 1. The molecule has 162 valence electrons. The number of carbonyl (C=O) groups is 2. The number of nitrogens with one attached hydrogen (secondary N) is 1. The molecule has 0 spiro atoms. The number of amidine groups is 1. The Kier molecular flexibility index (Phi) is 7.54. The molecule has 31 heavy (non-hydrogen) atoms. The second-order valence-electron chi connectivity index (χ2n) is 6.59. The Morgan fingerprint density at radius 1 is 1.35 bits per heavy atom. The van der Waals surface area contributed by atoms with Crippen LogP contribution in [0.3, 0.4) is 0 Å². The first-order valence-electron chi connectivity index (χ1n) is 9.22. The van der Waals surface area contributed by atoms with E-state index in [1.165, 1.54) is 13.3 Å². The molecular formula is C21H20ClN3O5S. The smallest absolute Gasteiger partial charge is 0.305 e. The van der Waals surface area contributed by atoms with Crippen LogP contribution in [0.15, 0.2) is 46.6 Å². The quantitative estimate of drug-likeness (QED) is 0.459. The summed E-state index contributed by atoms with van der Waals surface area (Å²) >= 11 is 7.42. The summed E-state index contributed by atoms with van der Waals surface area (Å²) < 4.78 is 11.3. The Morgan fingerprint density at radius 3 is 2.84 bits per heavy atom. The van der Waals surface area contributed by atoms with Gasteiger partial charge in [-0.2, -0.15) is 5.10 Å². The number of aryl methyl sites for hydroxylation is 1. The van der Waals surface area contributed by atoms with Crippen molar-refractivity contribution in [3.63, 3.8) is 0 Å². The highest BCUT2D eigenvalue weighted by molar-refractivity contribution is 8.15. The molecule has 0 bridgehead atoms. The SMILES string of the molecule is COc1cc(C=N/N=C2\NC(=O)C(CC(=O)O)S2)cc(Cl)c1OCc1ccccc1C. The van der Waals surface area contributed by atoms with Crippen LogP contribution in [-0.4, -0.2) is 40.7 Å². The number of rotatable bonds is 8. The third-order valence-electron chi connectivity index (χ3n) is 4.38. The molecule has 1 aliphatic heterocycles. The van der Waals surface area contributed by atoms with E-state index >= 15 is 0 Å². The molecule has 1 fully saturated rings. The van der Waals surface area contributed by atoms with Gasteiger partial charge in [0.2, 0.25) is 5.91 Å². The van der Waals surface area contributed by atoms with Crippen molar-refractivity contribution in [1.29, 1.82) is 0 Å². The summed E-state index contributed by atoms with van der Waals surface area (Å²) in [7, 11) is 1.51. The van der Waals surface area contributed by atoms with Crippen LogP contribution in [0.2, 0.25) is 5.02 Å². The molecule has 3 rings (SSSR count). The first-order chi connectivity index (χ1) is 14.9. The van der Waals surface area contributed by atoms with E-state index in [-0.39, 0.29) is 11.6 Å². The first-order valence-corrected chi connectivity index (χ1v) is 10.5. The van der Waals surface area contributed by atoms with Crippen LogP contribution in [0.1, 0.15) is 23.1 Å². The van der Waals surface area contributed by atoms with Crippen molar-refractivity contribution in [3.8, 4) is 11.5 Å². The number of hydrogen-bond acceptors (Lipinski definition) is 7. The molecule has 2 N–H and O–H groups in total. The Bertz CT molecular complexity index is 1060. The van der Waals surface area contributed by atoms with Crippen molar-refractivity contribution in [2.75, 3.05) is 7.11 Å². The summed E-state index contributed by atoms with van der Waals surface area (Å²) in [5, 5.41) is 19.1. The number of ether oxygens (including phenoxy) is 2. The topological polar surface area (TPSA) is 110 Å². The molecule has 0 aromatic heterocycles. The molecule has 1 unspecified atom stereocenters. The lowest BCUT2D eigenvalue weighted by Crippen LogP contribution is -2.26. The van der Waals surface area contributed by atoms with Gasteiger partial charge in [0, 0.05) is 5.56 Å². The molecule has 1 aliphatic rings. The monoisotopic (exact) mass is 461 g/mol. The molecule has 1 saturated heterocycles. The third-order valence-corrected chi connectivity index (χ3v) is 5.73. The molecule has 0 aliphatic carbocycles. The number of amides is 1. The fourth-order valence-corrected chi connectivity index (χ4v) is 3.96. The molecule has 0 radical (unpaired) electrons. The van der Waals surface area contributed by atoms with Gasteiger partial charge in [-0.15, -0.1) is 5.10 Å². The Hall–Kier alpha value is -3.04. The lowest BCUT2D eigenvalue weighted by Gasteiger charge is -2.14. The standard InChI is InChI=1S/C21H20ClN3O5S/c1-12-5-3-4-6-14(12)11-30-19-15(22)7-13(8-16(19)29-2)10-23-25-21-24-20(28)17(31-21)9-18(26)27/h3-8,10,17H,9,11H2,1-2H3,(H,26,27)(H,24,25,28). The number of hydrogen-bond donors (Lipinski definition) is 2. The molecule has 2 aromatic carbocycles. The Labute approximate surface area is 188 Å². The van der Waals surface area contributed by atoms with E-state index in [2.05, 4.69) is 15.5 Å². The minimum atomic E-state index is -1.05. The Morgan fingerprint density at radius 2 is 2.13 bits per heavy atom. The summed E-state index contributed by atoms with van der Waals surface area (Å²) in [6.07, 6.45) is 1.17. The van der Waals surface area contributed by atoms with Gasteiger partial charge in [0.05, 0.1) is 24.8 Å². The number of thioether (sulfide) groups is 1. The zero-order chi connectivity index (χ0) is 22.4. The minimum Gasteiger partial charge on any atom is -0.493 e. The van der Waals surface area contributed by atoms with Gasteiger partial charge in [0.1, 0.15) is 11.9 Å². The van der Waals surface area contributed by atoms with Crippen LogP contribution >= 0.6 is 23.4 Å². The maximum atomic E-state index is 11.7. The second kappa shape index (κ2) is 10.3. The molecule has 1 atom stereocenters. The molecule has 1 heterocycles. The summed E-state index contributed by atoms with van der Waals surface area (Å²) in [4.78, 5) is 22.5. The predicted molar refractivity (Wildman–Crippen MR) is 120 cm³/mol.